The van der Waals surface area contributed by atoms with Crippen molar-refractivity contribution in [3.8, 4) is 0 Å². The fourth-order valence-corrected chi connectivity index (χ4v) is 3.38. The largest absolute Gasteiger partial charge is 0.355 e. The lowest BCUT2D eigenvalue weighted by Crippen LogP contribution is -2.29. The van der Waals surface area contributed by atoms with Gasteiger partial charge in [0.1, 0.15) is 5.82 Å². The first kappa shape index (κ1) is 18.4. The van der Waals surface area contributed by atoms with Crippen LogP contribution in [-0.4, -0.2) is 28.9 Å². The molecule has 1 N–H and O–H groups in total. The van der Waals surface area contributed by atoms with Crippen LogP contribution in [0.1, 0.15) is 44.0 Å². The Morgan fingerprint density at radius 1 is 1.27 bits per heavy atom. The molecule has 0 bridgehead atoms. The number of likely N-dealkylation sites (tertiary alicyclic amines) is 1. The minimum absolute atomic E-state index is 0.236. The first-order valence-corrected chi connectivity index (χ1v) is 9.19. The van der Waals surface area contributed by atoms with Gasteiger partial charge in [-0.05, 0) is 55.7 Å². The first-order valence-electron chi connectivity index (χ1n) is 9.19. The third-order valence-corrected chi connectivity index (χ3v) is 4.65. The van der Waals surface area contributed by atoms with E-state index in [1.807, 2.05) is 24.0 Å². The van der Waals surface area contributed by atoms with Crippen molar-refractivity contribution in [3.63, 3.8) is 0 Å². The van der Waals surface area contributed by atoms with Crippen molar-refractivity contribution in [2.24, 2.45) is 5.92 Å². The summed E-state index contributed by atoms with van der Waals surface area (Å²) in [5.74, 6) is 0.629. The molecule has 5 heteroatoms. The highest BCUT2D eigenvalue weighted by Crippen LogP contribution is 2.29. The number of nitrogens with one attached hydrogen (secondary N) is 1. The number of hydrogen-bond acceptors (Lipinski definition) is 3. The van der Waals surface area contributed by atoms with Gasteiger partial charge in [0.05, 0.1) is 0 Å². The molecule has 1 amide bonds. The summed E-state index contributed by atoms with van der Waals surface area (Å²) in [6.07, 6.45) is 1.54. The fraction of sp³-hybridized carbons (Fsp3) is 0.429. The highest BCUT2D eigenvalue weighted by atomic mass is 19.1. The Balaban J connectivity index is 1.72. The predicted molar refractivity (Wildman–Crippen MR) is 102 cm³/mol. The molecule has 0 unspecified atom stereocenters. The molecule has 2 aromatic rings. The highest BCUT2D eigenvalue weighted by molar-refractivity contribution is 5.76. The molecular formula is C21H26FN3O. The number of pyridine rings is 1. The van der Waals surface area contributed by atoms with E-state index in [2.05, 4.69) is 24.1 Å². The molecule has 1 aliphatic heterocycles. The summed E-state index contributed by atoms with van der Waals surface area (Å²) >= 11 is 0. The van der Waals surface area contributed by atoms with Crippen LogP contribution < -0.4 is 5.32 Å². The average Bonchev–Trinajstić information content (AvgIpc) is 3.06. The number of nitrogens with zero attached hydrogens (tertiary/aromatic N) is 2. The number of hydrogen-bond donors (Lipinski definition) is 1. The van der Waals surface area contributed by atoms with Gasteiger partial charge in [0, 0.05) is 48.2 Å². The van der Waals surface area contributed by atoms with Crippen molar-refractivity contribution in [2.75, 3.05) is 18.4 Å². The number of amides is 1. The van der Waals surface area contributed by atoms with Crippen LogP contribution in [0.25, 0.3) is 0 Å². The summed E-state index contributed by atoms with van der Waals surface area (Å²) in [6.45, 7) is 7.64. The Morgan fingerprint density at radius 2 is 2.00 bits per heavy atom. The van der Waals surface area contributed by atoms with E-state index in [-0.39, 0.29) is 17.6 Å². The van der Waals surface area contributed by atoms with Gasteiger partial charge >= 0.3 is 0 Å². The maximum absolute atomic E-state index is 13.1. The Hall–Kier alpha value is -2.43. The maximum Gasteiger partial charge on any atom is 0.222 e. The van der Waals surface area contributed by atoms with Crippen LogP contribution in [0, 0.1) is 18.7 Å². The molecule has 2 heterocycles. The molecule has 1 aromatic heterocycles. The second-order valence-corrected chi connectivity index (χ2v) is 7.48. The summed E-state index contributed by atoms with van der Waals surface area (Å²) in [4.78, 5) is 18.9. The molecule has 1 saturated heterocycles. The van der Waals surface area contributed by atoms with Gasteiger partial charge in [-0.1, -0.05) is 13.8 Å². The third-order valence-electron chi connectivity index (χ3n) is 4.65. The Labute approximate surface area is 154 Å². The second kappa shape index (κ2) is 7.85. The van der Waals surface area contributed by atoms with Crippen LogP contribution in [0.15, 0.2) is 36.4 Å². The number of halogens is 1. The van der Waals surface area contributed by atoms with E-state index in [1.165, 1.54) is 12.1 Å². The zero-order valence-corrected chi connectivity index (χ0v) is 15.6. The topological polar surface area (TPSA) is 45.2 Å². The van der Waals surface area contributed by atoms with Crippen LogP contribution in [0.2, 0.25) is 0 Å². The molecule has 1 aromatic carbocycles. The molecule has 0 aliphatic carbocycles. The van der Waals surface area contributed by atoms with Gasteiger partial charge in [-0.2, -0.15) is 0 Å². The van der Waals surface area contributed by atoms with E-state index in [1.54, 1.807) is 12.1 Å². The van der Waals surface area contributed by atoms with Crippen molar-refractivity contribution >= 4 is 17.3 Å². The standard InChI is InChI=1S/C21H26FN3O/c1-14(2)10-21(26)25-9-8-16(13-25)20-12-19(11-15(3)23-20)24-18-6-4-17(22)5-7-18/h4-7,11-12,14,16H,8-10,13H2,1-3H3,(H,23,24)/t16-/m1/s1. The molecule has 4 nitrogen and oxygen atoms in total. The average molecular weight is 355 g/mol. The number of carbonyl (C=O) groups is 1. The molecule has 1 aliphatic rings. The van der Waals surface area contributed by atoms with Crippen LogP contribution >= 0.6 is 0 Å². The Kier molecular flexibility index (Phi) is 5.55. The zero-order valence-electron chi connectivity index (χ0n) is 15.6. The number of rotatable bonds is 5. The zero-order chi connectivity index (χ0) is 18.7. The lowest BCUT2D eigenvalue weighted by atomic mass is 10.0. The third kappa shape index (κ3) is 4.59. The van der Waals surface area contributed by atoms with E-state index >= 15 is 0 Å². The van der Waals surface area contributed by atoms with Crippen molar-refractivity contribution in [1.29, 1.82) is 0 Å². The lowest BCUT2D eigenvalue weighted by Gasteiger charge is -2.18. The van der Waals surface area contributed by atoms with Gasteiger partial charge in [0.2, 0.25) is 5.91 Å². The lowest BCUT2D eigenvalue weighted by molar-refractivity contribution is -0.130. The summed E-state index contributed by atoms with van der Waals surface area (Å²) in [7, 11) is 0. The molecule has 26 heavy (non-hydrogen) atoms. The van der Waals surface area contributed by atoms with Crippen LogP contribution in [-0.2, 0) is 4.79 Å². The van der Waals surface area contributed by atoms with E-state index in [0.717, 1.165) is 42.3 Å². The molecule has 1 fully saturated rings. The van der Waals surface area contributed by atoms with Crippen LogP contribution in [0.4, 0.5) is 15.8 Å². The Morgan fingerprint density at radius 3 is 2.69 bits per heavy atom. The van der Waals surface area contributed by atoms with Crippen molar-refractivity contribution in [2.45, 2.75) is 39.5 Å². The smallest absolute Gasteiger partial charge is 0.222 e. The number of benzene rings is 1. The molecule has 0 saturated carbocycles. The highest BCUT2D eigenvalue weighted by Gasteiger charge is 2.28. The summed E-state index contributed by atoms with van der Waals surface area (Å²) in [5, 5.41) is 3.31. The molecule has 1 atom stereocenters. The van der Waals surface area contributed by atoms with Gasteiger partial charge in [-0.3, -0.25) is 9.78 Å². The SMILES string of the molecule is Cc1cc(Nc2ccc(F)cc2)cc([C@@H]2CCN(C(=O)CC(C)C)C2)n1. The molecule has 3 rings (SSSR count). The van der Waals surface area contributed by atoms with E-state index < -0.39 is 0 Å². The normalized spacial score (nSPS) is 17.0. The number of aryl methyl sites for hydroxylation is 1. The Bertz CT molecular complexity index is 773. The monoisotopic (exact) mass is 355 g/mol. The van der Waals surface area contributed by atoms with Crippen LogP contribution in [0.5, 0.6) is 0 Å². The van der Waals surface area contributed by atoms with Crippen molar-refractivity contribution in [1.82, 2.24) is 9.88 Å². The summed E-state index contributed by atoms with van der Waals surface area (Å²) in [6, 6.07) is 10.3. The summed E-state index contributed by atoms with van der Waals surface area (Å²) < 4.78 is 13.1. The first-order chi connectivity index (χ1) is 12.4. The van der Waals surface area contributed by atoms with Gasteiger partial charge in [-0.25, -0.2) is 4.39 Å². The second-order valence-electron chi connectivity index (χ2n) is 7.48. The molecule has 138 valence electrons. The van der Waals surface area contributed by atoms with Gasteiger partial charge < -0.3 is 10.2 Å². The fourth-order valence-electron chi connectivity index (χ4n) is 3.38. The quantitative estimate of drug-likeness (QED) is 0.850. The van der Waals surface area contributed by atoms with Gasteiger partial charge in [0.15, 0.2) is 0 Å². The van der Waals surface area contributed by atoms with Crippen LogP contribution in [0.3, 0.4) is 0 Å². The van der Waals surface area contributed by atoms with E-state index in [4.69, 9.17) is 0 Å². The molecular weight excluding hydrogens is 329 g/mol. The maximum atomic E-state index is 13.1. The molecule has 0 radical (unpaired) electrons. The number of aromatic nitrogens is 1. The van der Waals surface area contributed by atoms with Gasteiger partial charge in [-0.15, -0.1) is 0 Å². The van der Waals surface area contributed by atoms with E-state index in [0.29, 0.717) is 12.3 Å². The number of anilines is 2. The number of carbonyl (C=O) groups excluding carboxylic acids is 1. The summed E-state index contributed by atoms with van der Waals surface area (Å²) in [5.41, 5.74) is 3.71. The minimum Gasteiger partial charge on any atom is -0.355 e. The minimum atomic E-state index is -0.251. The van der Waals surface area contributed by atoms with Gasteiger partial charge in [0.25, 0.3) is 0 Å². The molecule has 0 spiro atoms. The van der Waals surface area contributed by atoms with Crippen molar-refractivity contribution < 1.29 is 9.18 Å². The predicted octanol–water partition coefficient (Wildman–Crippen LogP) is 4.63. The van der Waals surface area contributed by atoms with Crippen molar-refractivity contribution in [3.05, 3.63) is 53.6 Å². The van der Waals surface area contributed by atoms with E-state index in [9.17, 15) is 9.18 Å².